The van der Waals surface area contributed by atoms with E-state index in [1.54, 1.807) is 11.8 Å². The second kappa shape index (κ2) is 5.50. The number of hydrogen-bond acceptors (Lipinski definition) is 5. The first-order chi connectivity index (χ1) is 7.83. The molecule has 1 fully saturated rings. The van der Waals surface area contributed by atoms with E-state index in [0.29, 0.717) is 6.42 Å². The molecule has 1 aliphatic heterocycles. The van der Waals surface area contributed by atoms with E-state index in [4.69, 9.17) is 5.11 Å². The Kier molecular flexibility index (Phi) is 4.01. The van der Waals surface area contributed by atoms with E-state index in [1.807, 2.05) is 12.3 Å². The zero-order valence-corrected chi connectivity index (χ0v) is 10.3. The van der Waals surface area contributed by atoms with Crippen molar-refractivity contribution in [3.8, 4) is 0 Å². The third-order valence-electron chi connectivity index (χ3n) is 2.73. The Morgan fingerprint density at radius 1 is 1.38 bits per heavy atom. The molecule has 1 aromatic heterocycles. The smallest absolute Gasteiger partial charge is 0.189 e. The minimum absolute atomic E-state index is 0.143. The molecule has 0 atom stereocenters. The molecule has 0 saturated carbocycles. The lowest BCUT2D eigenvalue weighted by atomic mass is 10.3. The molecule has 4 nitrogen and oxygen atoms in total. The Morgan fingerprint density at radius 3 is 2.75 bits per heavy atom. The highest BCUT2D eigenvalue weighted by Gasteiger charge is 2.15. The predicted octanol–water partition coefficient (Wildman–Crippen LogP) is 1.33. The maximum absolute atomic E-state index is 8.96. The number of hydrogen-bond donors (Lipinski definition) is 1. The first-order valence-corrected chi connectivity index (χ1v) is 6.83. The van der Waals surface area contributed by atoms with Crippen LogP contribution in [0.4, 0.5) is 5.82 Å². The molecule has 5 heteroatoms. The molecule has 0 spiro atoms. The van der Waals surface area contributed by atoms with Gasteiger partial charge < -0.3 is 10.0 Å². The maximum atomic E-state index is 8.96. The lowest BCUT2D eigenvalue weighted by molar-refractivity contribution is 0.298. The maximum Gasteiger partial charge on any atom is 0.189 e. The summed E-state index contributed by atoms with van der Waals surface area (Å²) < 4.78 is 0. The van der Waals surface area contributed by atoms with Crippen molar-refractivity contribution in [2.45, 2.75) is 24.4 Å². The van der Waals surface area contributed by atoms with Gasteiger partial charge in [0.2, 0.25) is 0 Å². The standard InChI is InChI=1S/C11H17N3OS/c1-16-11-12-9(4-7-15)8-10(13-11)14-5-2-3-6-14/h8,15H,2-7H2,1H3. The molecule has 0 radical (unpaired) electrons. The van der Waals surface area contributed by atoms with E-state index >= 15 is 0 Å². The highest BCUT2D eigenvalue weighted by Crippen LogP contribution is 2.21. The van der Waals surface area contributed by atoms with Gasteiger partial charge in [-0.3, -0.25) is 0 Å². The van der Waals surface area contributed by atoms with Gasteiger partial charge in [-0.1, -0.05) is 11.8 Å². The number of aliphatic hydroxyl groups excluding tert-OH is 1. The van der Waals surface area contributed by atoms with Crippen LogP contribution < -0.4 is 4.90 Å². The largest absolute Gasteiger partial charge is 0.396 e. The van der Waals surface area contributed by atoms with Crippen molar-refractivity contribution < 1.29 is 5.11 Å². The monoisotopic (exact) mass is 239 g/mol. The fourth-order valence-electron chi connectivity index (χ4n) is 1.90. The van der Waals surface area contributed by atoms with Gasteiger partial charge in [0.1, 0.15) is 5.82 Å². The number of thioether (sulfide) groups is 1. The van der Waals surface area contributed by atoms with Crippen LogP contribution in [0.2, 0.25) is 0 Å². The van der Waals surface area contributed by atoms with Crippen LogP contribution in [0.3, 0.4) is 0 Å². The number of anilines is 1. The van der Waals surface area contributed by atoms with Gasteiger partial charge >= 0.3 is 0 Å². The molecular formula is C11H17N3OS. The molecule has 1 aliphatic rings. The summed E-state index contributed by atoms with van der Waals surface area (Å²) >= 11 is 1.55. The van der Waals surface area contributed by atoms with Gasteiger partial charge in [-0.05, 0) is 19.1 Å². The summed E-state index contributed by atoms with van der Waals surface area (Å²) in [6.07, 6.45) is 5.07. The van der Waals surface area contributed by atoms with Crippen molar-refractivity contribution in [1.82, 2.24) is 9.97 Å². The number of rotatable bonds is 4. The summed E-state index contributed by atoms with van der Waals surface area (Å²) in [5.74, 6) is 1.01. The first kappa shape index (κ1) is 11.7. The van der Waals surface area contributed by atoms with Crippen molar-refractivity contribution in [2.75, 3.05) is 30.9 Å². The van der Waals surface area contributed by atoms with Gasteiger partial charge in [0, 0.05) is 37.9 Å². The SMILES string of the molecule is CSc1nc(CCO)cc(N2CCCC2)n1. The van der Waals surface area contributed by atoms with E-state index in [9.17, 15) is 0 Å². The summed E-state index contributed by atoms with van der Waals surface area (Å²) in [4.78, 5) is 11.2. The number of aliphatic hydroxyl groups is 1. The summed E-state index contributed by atoms with van der Waals surface area (Å²) in [7, 11) is 0. The highest BCUT2D eigenvalue weighted by atomic mass is 32.2. The van der Waals surface area contributed by atoms with Crippen LogP contribution in [0.5, 0.6) is 0 Å². The molecule has 2 rings (SSSR count). The molecule has 1 N–H and O–H groups in total. The molecule has 16 heavy (non-hydrogen) atoms. The Bertz CT molecular complexity index is 353. The molecule has 2 heterocycles. The van der Waals surface area contributed by atoms with Crippen molar-refractivity contribution in [1.29, 1.82) is 0 Å². The molecule has 1 aromatic rings. The first-order valence-electron chi connectivity index (χ1n) is 5.61. The summed E-state index contributed by atoms with van der Waals surface area (Å²) in [6, 6.07) is 2.00. The van der Waals surface area contributed by atoms with Crippen LogP contribution in [0.1, 0.15) is 18.5 Å². The summed E-state index contributed by atoms with van der Waals surface area (Å²) in [6.45, 7) is 2.32. The van der Waals surface area contributed by atoms with Gasteiger partial charge in [0.05, 0.1) is 0 Å². The minimum atomic E-state index is 0.143. The van der Waals surface area contributed by atoms with Crippen molar-refractivity contribution in [3.63, 3.8) is 0 Å². The zero-order chi connectivity index (χ0) is 11.4. The molecule has 0 bridgehead atoms. The third kappa shape index (κ3) is 2.65. The van der Waals surface area contributed by atoms with Gasteiger partial charge in [0.25, 0.3) is 0 Å². The van der Waals surface area contributed by atoms with Crippen LogP contribution in [0.25, 0.3) is 0 Å². The van der Waals surface area contributed by atoms with Gasteiger partial charge in [0.15, 0.2) is 5.16 Å². The van der Waals surface area contributed by atoms with E-state index in [2.05, 4.69) is 14.9 Å². The molecule has 0 aromatic carbocycles. The van der Waals surface area contributed by atoms with Crippen LogP contribution in [0, 0.1) is 0 Å². The second-order valence-corrected chi connectivity index (χ2v) is 4.65. The lowest BCUT2D eigenvalue weighted by Crippen LogP contribution is -2.20. The fourth-order valence-corrected chi connectivity index (χ4v) is 2.29. The predicted molar refractivity (Wildman–Crippen MR) is 66.0 cm³/mol. The normalized spacial score (nSPS) is 15.8. The molecule has 88 valence electrons. The molecule has 1 saturated heterocycles. The number of aromatic nitrogens is 2. The van der Waals surface area contributed by atoms with Crippen molar-refractivity contribution in [3.05, 3.63) is 11.8 Å². The van der Waals surface area contributed by atoms with Crippen LogP contribution in [-0.4, -0.2) is 41.0 Å². The Morgan fingerprint density at radius 2 is 2.12 bits per heavy atom. The van der Waals surface area contributed by atoms with E-state index in [1.165, 1.54) is 12.8 Å². The summed E-state index contributed by atoms with van der Waals surface area (Å²) in [5.41, 5.74) is 0.934. The van der Waals surface area contributed by atoms with Crippen LogP contribution in [0.15, 0.2) is 11.2 Å². The quantitative estimate of drug-likeness (QED) is 0.634. The van der Waals surface area contributed by atoms with Gasteiger partial charge in [-0.2, -0.15) is 0 Å². The minimum Gasteiger partial charge on any atom is -0.396 e. The number of nitrogens with zero attached hydrogens (tertiary/aromatic N) is 3. The van der Waals surface area contributed by atoms with Crippen LogP contribution >= 0.6 is 11.8 Å². The lowest BCUT2D eigenvalue weighted by Gasteiger charge is -2.17. The molecular weight excluding hydrogens is 222 g/mol. The Labute approximate surface area is 100 Å². The van der Waals surface area contributed by atoms with Crippen LogP contribution in [-0.2, 0) is 6.42 Å². The second-order valence-electron chi connectivity index (χ2n) is 3.87. The molecule has 0 amide bonds. The van der Waals surface area contributed by atoms with Gasteiger partial charge in [-0.25, -0.2) is 9.97 Å². The Balaban J connectivity index is 2.24. The highest BCUT2D eigenvalue weighted by molar-refractivity contribution is 7.98. The average Bonchev–Trinajstić information content (AvgIpc) is 2.82. The fraction of sp³-hybridized carbons (Fsp3) is 0.636. The average molecular weight is 239 g/mol. The van der Waals surface area contributed by atoms with Crippen molar-refractivity contribution in [2.24, 2.45) is 0 Å². The van der Waals surface area contributed by atoms with E-state index < -0.39 is 0 Å². The third-order valence-corrected chi connectivity index (χ3v) is 3.27. The van der Waals surface area contributed by atoms with Gasteiger partial charge in [-0.15, -0.1) is 0 Å². The molecule has 0 unspecified atom stereocenters. The zero-order valence-electron chi connectivity index (χ0n) is 9.52. The Hall–Kier alpha value is -0.810. The van der Waals surface area contributed by atoms with Crippen molar-refractivity contribution >= 4 is 17.6 Å². The van der Waals surface area contributed by atoms with E-state index in [0.717, 1.165) is 29.8 Å². The molecule has 0 aliphatic carbocycles. The van der Waals surface area contributed by atoms with E-state index in [-0.39, 0.29) is 6.61 Å². The topological polar surface area (TPSA) is 49.3 Å². The summed E-state index contributed by atoms with van der Waals surface area (Å²) in [5, 5.41) is 9.76.